The quantitative estimate of drug-likeness (QED) is 0.801. The standard InChI is InChI=1S/C16H27NO2S/c1-4-11-20(18,19)15-9-5-7-14(12-15)8-6-10-16(17)13(2)3/h5,7,9,12-13,16H,4,6,8,10-11,17H2,1-3H3. The molecular formula is C16H27NO2S. The van der Waals surface area contributed by atoms with Gasteiger partial charge in [0.15, 0.2) is 9.84 Å². The number of aryl methyl sites for hydroxylation is 1. The van der Waals surface area contributed by atoms with Gasteiger partial charge in [0, 0.05) is 6.04 Å². The lowest BCUT2D eigenvalue weighted by Crippen LogP contribution is -2.26. The maximum atomic E-state index is 12.0. The van der Waals surface area contributed by atoms with Crippen molar-refractivity contribution in [2.24, 2.45) is 11.7 Å². The largest absolute Gasteiger partial charge is 0.327 e. The summed E-state index contributed by atoms with van der Waals surface area (Å²) < 4.78 is 24.1. The molecule has 0 aromatic heterocycles. The van der Waals surface area contributed by atoms with Crippen LogP contribution < -0.4 is 5.73 Å². The molecule has 0 spiro atoms. The Kier molecular flexibility index (Phi) is 6.69. The van der Waals surface area contributed by atoms with Crippen LogP contribution in [0.4, 0.5) is 0 Å². The van der Waals surface area contributed by atoms with Crippen molar-refractivity contribution in [3.63, 3.8) is 0 Å². The van der Waals surface area contributed by atoms with Crippen LogP contribution in [0, 0.1) is 5.92 Å². The van der Waals surface area contributed by atoms with Gasteiger partial charge in [-0.2, -0.15) is 0 Å². The van der Waals surface area contributed by atoms with Crippen LogP contribution in [0.25, 0.3) is 0 Å². The Morgan fingerprint density at radius 3 is 2.55 bits per heavy atom. The first-order valence-corrected chi connectivity index (χ1v) is 9.09. The zero-order chi connectivity index (χ0) is 15.2. The average Bonchev–Trinajstić information content (AvgIpc) is 2.38. The van der Waals surface area contributed by atoms with Crippen molar-refractivity contribution in [3.05, 3.63) is 29.8 Å². The van der Waals surface area contributed by atoms with Gasteiger partial charge in [0.2, 0.25) is 0 Å². The molecule has 2 N–H and O–H groups in total. The second-order valence-electron chi connectivity index (χ2n) is 5.77. The van der Waals surface area contributed by atoms with Crippen molar-refractivity contribution in [2.75, 3.05) is 5.75 Å². The Morgan fingerprint density at radius 2 is 1.95 bits per heavy atom. The summed E-state index contributed by atoms with van der Waals surface area (Å²) in [6.07, 6.45) is 3.51. The number of hydrogen-bond acceptors (Lipinski definition) is 3. The third-order valence-corrected chi connectivity index (χ3v) is 5.51. The van der Waals surface area contributed by atoms with Crippen molar-refractivity contribution in [1.82, 2.24) is 0 Å². The van der Waals surface area contributed by atoms with E-state index in [1.807, 2.05) is 25.1 Å². The Labute approximate surface area is 123 Å². The second-order valence-corrected chi connectivity index (χ2v) is 7.88. The van der Waals surface area contributed by atoms with E-state index >= 15 is 0 Å². The monoisotopic (exact) mass is 297 g/mol. The molecule has 0 aliphatic heterocycles. The number of nitrogens with two attached hydrogens (primary N) is 1. The van der Waals surface area contributed by atoms with Crippen LogP contribution in [0.1, 0.15) is 45.6 Å². The van der Waals surface area contributed by atoms with E-state index in [1.54, 1.807) is 6.07 Å². The average molecular weight is 297 g/mol. The molecule has 0 radical (unpaired) electrons. The molecule has 1 atom stereocenters. The van der Waals surface area contributed by atoms with Gasteiger partial charge in [0.1, 0.15) is 0 Å². The van der Waals surface area contributed by atoms with Gasteiger partial charge >= 0.3 is 0 Å². The zero-order valence-electron chi connectivity index (χ0n) is 12.8. The van der Waals surface area contributed by atoms with Gasteiger partial charge in [-0.25, -0.2) is 8.42 Å². The minimum Gasteiger partial charge on any atom is -0.327 e. The summed E-state index contributed by atoms with van der Waals surface area (Å²) in [7, 11) is -3.11. The summed E-state index contributed by atoms with van der Waals surface area (Å²) in [4.78, 5) is 0.449. The smallest absolute Gasteiger partial charge is 0.178 e. The van der Waals surface area contributed by atoms with Crippen LogP contribution in [0.2, 0.25) is 0 Å². The fraction of sp³-hybridized carbons (Fsp3) is 0.625. The Hall–Kier alpha value is -0.870. The van der Waals surface area contributed by atoms with E-state index in [0.29, 0.717) is 17.2 Å². The minimum atomic E-state index is -3.11. The number of hydrogen-bond donors (Lipinski definition) is 1. The van der Waals surface area contributed by atoms with Crippen molar-refractivity contribution in [2.45, 2.75) is 57.4 Å². The summed E-state index contributed by atoms with van der Waals surface area (Å²) in [6, 6.07) is 7.55. The zero-order valence-corrected chi connectivity index (χ0v) is 13.6. The molecule has 0 saturated carbocycles. The molecule has 0 bridgehead atoms. The molecule has 1 rings (SSSR count). The minimum absolute atomic E-state index is 0.217. The molecule has 3 nitrogen and oxygen atoms in total. The lowest BCUT2D eigenvalue weighted by Gasteiger charge is -2.15. The molecule has 20 heavy (non-hydrogen) atoms. The fourth-order valence-corrected chi connectivity index (χ4v) is 3.55. The third kappa shape index (κ3) is 5.25. The molecule has 1 aromatic rings. The van der Waals surface area contributed by atoms with E-state index in [0.717, 1.165) is 24.8 Å². The number of rotatable bonds is 8. The van der Waals surface area contributed by atoms with E-state index < -0.39 is 9.84 Å². The topological polar surface area (TPSA) is 60.2 Å². The predicted octanol–water partition coefficient (Wildman–Crippen LogP) is 3.18. The Balaban J connectivity index is 2.65. The molecule has 1 aromatic carbocycles. The van der Waals surface area contributed by atoms with Crippen LogP contribution in [0.15, 0.2) is 29.2 Å². The van der Waals surface area contributed by atoms with Gasteiger partial charge in [0.25, 0.3) is 0 Å². The first-order valence-electron chi connectivity index (χ1n) is 7.44. The normalized spacial score (nSPS) is 13.7. The predicted molar refractivity (Wildman–Crippen MR) is 84.5 cm³/mol. The van der Waals surface area contributed by atoms with Crippen LogP contribution >= 0.6 is 0 Å². The van der Waals surface area contributed by atoms with E-state index in [2.05, 4.69) is 13.8 Å². The second kappa shape index (κ2) is 7.79. The molecule has 1 unspecified atom stereocenters. The van der Waals surface area contributed by atoms with Crippen molar-refractivity contribution in [1.29, 1.82) is 0 Å². The van der Waals surface area contributed by atoms with Gasteiger partial charge < -0.3 is 5.73 Å². The van der Waals surface area contributed by atoms with Crippen LogP contribution in [0.3, 0.4) is 0 Å². The van der Waals surface area contributed by atoms with Gasteiger partial charge in [-0.3, -0.25) is 0 Å². The summed E-state index contributed by atoms with van der Waals surface area (Å²) in [6.45, 7) is 6.14. The molecule has 0 heterocycles. The molecule has 0 amide bonds. The molecule has 0 aliphatic carbocycles. The summed E-state index contributed by atoms with van der Waals surface area (Å²) >= 11 is 0. The maximum Gasteiger partial charge on any atom is 0.178 e. The Bertz CT molecular complexity index is 509. The highest BCUT2D eigenvalue weighted by Crippen LogP contribution is 2.16. The number of sulfone groups is 1. The van der Waals surface area contributed by atoms with Gasteiger partial charge in [-0.1, -0.05) is 32.9 Å². The highest BCUT2D eigenvalue weighted by molar-refractivity contribution is 7.91. The number of benzene rings is 1. The van der Waals surface area contributed by atoms with Crippen molar-refractivity contribution < 1.29 is 8.42 Å². The van der Waals surface area contributed by atoms with E-state index in [1.165, 1.54) is 0 Å². The van der Waals surface area contributed by atoms with Gasteiger partial charge in [-0.15, -0.1) is 0 Å². The fourth-order valence-electron chi connectivity index (χ4n) is 2.16. The van der Waals surface area contributed by atoms with Crippen molar-refractivity contribution >= 4 is 9.84 Å². The molecule has 4 heteroatoms. The molecule has 0 saturated heterocycles. The summed E-state index contributed by atoms with van der Waals surface area (Å²) in [5, 5.41) is 0. The lowest BCUT2D eigenvalue weighted by atomic mass is 9.98. The highest BCUT2D eigenvalue weighted by Gasteiger charge is 2.13. The van der Waals surface area contributed by atoms with Gasteiger partial charge in [0.05, 0.1) is 10.6 Å². The van der Waals surface area contributed by atoms with Crippen LogP contribution in [-0.2, 0) is 16.3 Å². The van der Waals surface area contributed by atoms with E-state index in [4.69, 9.17) is 5.73 Å². The van der Waals surface area contributed by atoms with Crippen molar-refractivity contribution in [3.8, 4) is 0 Å². The summed E-state index contributed by atoms with van der Waals surface area (Å²) in [5.74, 6) is 0.709. The van der Waals surface area contributed by atoms with Crippen LogP contribution in [-0.4, -0.2) is 20.2 Å². The SMILES string of the molecule is CCCS(=O)(=O)c1cccc(CCCC(N)C(C)C)c1. The Morgan fingerprint density at radius 1 is 1.25 bits per heavy atom. The highest BCUT2D eigenvalue weighted by atomic mass is 32.2. The van der Waals surface area contributed by atoms with Gasteiger partial charge in [-0.05, 0) is 49.3 Å². The van der Waals surface area contributed by atoms with E-state index in [-0.39, 0.29) is 11.8 Å². The molecule has 0 aliphatic rings. The molecule has 114 valence electrons. The summed E-state index contributed by atoms with van der Waals surface area (Å²) in [5.41, 5.74) is 7.11. The maximum absolute atomic E-state index is 12.0. The lowest BCUT2D eigenvalue weighted by molar-refractivity contribution is 0.452. The third-order valence-electron chi connectivity index (χ3n) is 3.59. The first-order chi connectivity index (χ1) is 9.36. The molecular weight excluding hydrogens is 270 g/mol. The van der Waals surface area contributed by atoms with E-state index in [9.17, 15) is 8.42 Å². The molecule has 0 fully saturated rings. The first kappa shape index (κ1) is 17.2. The van der Waals surface area contributed by atoms with Crippen LogP contribution in [0.5, 0.6) is 0 Å².